The maximum Gasteiger partial charge on any atom is 0.137 e. The van der Waals surface area contributed by atoms with Crippen molar-refractivity contribution in [2.24, 2.45) is 5.41 Å². The largest absolute Gasteiger partial charge is 0.492 e. The minimum Gasteiger partial charge on any atom is -0.492 e. The second-order valence-corrected chi connectivity index (χ2v) is 5.47. The number of nitrogens with zero attached hydrogens (tertiary/aromatic N) is 1. The van der Waals surface area contributed by atoms with E-state index in [1.54, 1.807) is 6.20 Å². The molecule has 18 heavy (non-hydrogen) atoms. The third kappa shape index (κ3) is 2.66. The Morgan fingerprint density at radius 1 is 1.39 bits per heavy atom. The minimum atomic E-state index is 0.348. The lowest BCUT2D eigenvalue weighted by Crippen LogP contribution is -2.32. The van der Waals surface area contributed by atoms with E-state index >= 15 is 0 Å². The highest BCUT2D eigenvalue weighted by Gasteiger charge is 2.37. The van der Waals surface area contributed by atoms with E-state index in [1.807, 2.05) is 20.2 Å². The maximum atomic E-state index is 5.55. The van der Waals surface area contributed by atoms with Gasteiger partial charge in [-0.15, -0.1) is 0 Å². The molecule has 1 aromatic heterocycles. The fourth-order valence-electron chi connectivity index (χ4n) is 3.23. The summed E-state index contributed by atoms with van der Waals surface area (Å²) < 4.78 is 5.55. The highest BCUT2D eigenvalue weighted by atomic mass is 16.5. The summed E-state index contributed by atoms with van der Waals surface area (Å²) in [5.41, 5.74) is 1.59. The van der Waals surface area contributed by atoms with E-state index in [0.717, 1.165) is 5.75 Å². The first-order chi connectivity index (χ1) is 8.69. The van der Waals surface area contributed by atoms with Crippen molar-refractivity contribution in [1.82, 2.24) is 10.3 Å². The van der Waals surface area contributed by atoms with Gasteiger partial charge in [0.25, 0.3) is 0 Å². The molecule has 3 heteroatoms. The smallest absolute Gasteiger partial charge is 0.137 e. The van der Waals surface area contributed by atoms with Gasteiger partial charge in [0.2, 0.25) is 0 Å². The summed E-state index contributed by atoms with van der Waals surface area (Å²) in [6, 6.07) is 2.49. The number of hydrogen-bond donors (Lipinski definition) is 1. The van der Waals surface area contributed by atoms with Crippen molar-refractivity contribution >= 4 is 0 Å². The van der Waals surface area contributed by atoms with Crippen molar-refractivity contribution in [1.29, 1.82) is 0 Å². The number of nitrogens with one attached hydrogen (secondary N) is 1. The molecule has 0 bridgehead atoms. The number of pyridine rings is 1. The summed E-state index contributed by atoms with van der Waals surface area (Å²) in [6.07, 6.45) is 9.01. The van der Waals surface area contributed by atoms with Gasteiger partial charge in [0.15, 0.2) is 0 Å². The van der Waals surface area contributed by atoms with E-state index in [4.69, 9.17) is 4.74 Å². The summed E-state index contributed by atoms with van der Waals surface area (Å²) in [7, 11) is 2.04. The third-order valence-corrected chi connectivity index (χ3v) is 4.11. The van der Waals surface area contributed by atoms with Gasteiger partial charge in [0, 0.05) is 12.2 Å². The molecule has 0 aliphatic heterocycles. The average molecular weight is 248 g/mol. The topological polar surface area (TPSA) is 34.1 Å². The van der Waals surface area contributed by atoms with E-state index < -0.39 is 0 Å². The van der Waals surface area contributed by atoms with Gasteiger partial charge in [-0.2, -0.15) is 0 Å². The standard InChI is InChI=1S/C15H24N2O/c1-4-18-13-9-12(10-17-11-13)14(16-3)15(2)7-5-6-8-15/h9-11,14,16H,4-8H2,1-3H3. The van der Waals surface area contributed by atoms with Crippen molar-refractivity contribution in [3.8, 4) is 5.75 Å². The lowest BCUT2D eigenvalue weighted by atomic mass is 9.77. The minimum absolute atomic E-state index is 0.348. The van der Waals surface area contributed by atoms with E-state index in [2.05, 4.69) is 23.3 Å². The van der Waals surface area contributed by atoms with Gasteiger partial charge >= 0.3 is 0 Å². The van der Waals surface area contributed by atoms with Crippen molar-refractivity contribution in [3.05, 3.63) is 24.0 Å². The Morgan fingerprint density at radius 3 is 2.72 bits per heavy atom. The first-order valence-corrected chi connectivity index (χ1v) is 6.94. The molecule has 0 radical (unpaired) electrons. The van der Waals surface area contributed by atoms with Crippen LogP contribution in [0.1, 0.15) is 51.1 Å². The maximum absolute atomic E-state index is 5.55. The van der Waals surface area contributed by atoms with E-state index in [9.17, 15) is 0 Å². The first kappa shape index (κ1) is 13.3. The molecule has 1 saturated carbocycles. The zero-order valence-electron chi connectivity index (χ0n) is 11.7. The van der Waals surface area contributed by atoms with Crippen LogP contribution >= 0.6 is 0 Å². The molecule has 1 unspecified atom stereocenters. The second-order valence-electron chi connectivity index (χ2n) is 5.47. The number of rotatable bonds is 5. The fraction of sp³-hybridized carbons (Fsp3) is 0.667. The molecule has 2 rings (SSSR count). The summed E-state index contributed by atoms with van der Waals surface area (Å²) in [4.78, 5) is 4.31. The molecule has 0 spiro atoms. The Morgan fingerprint density at radius 2 is 2.11 bits per heavy atom. The van der Waals surface area contributed by atoms with Crippen molar-refractivity contribution in [3.63, 3.8) is 0 Å². The first-order valence-electron chi connectivity index (χ1n) is 6.94. The van der Waals surface area contributed by atoms with E-state index in [0.29, 0.717) is 18.1 Å². The Balaban J connectivity index is 2.24. The molecule has 0 aromatic carbocycles. The lowest BCUT2D eigenvalue weighted by molar-refractivity contribution is 0.232. The molecule has 1 fully saturated rings. The van der Waals surface area contributed by atoms with Crippen molar-refractivity contribution in [2.75, 3.05) is 13.7 Å². The number of ether oxygens (including phenoxy) is 1. The van der Waals surface area contributed by atoms with Crippen LogP contribution in [0.3, 0.4) is 0 Å². The monoisotopic (exact) mass is 248 g/mol. The Kier molecular flexibility index (Phi) is 4.23. The van der Waals surface area contributed by atoms with Gasteiger partial charge in [0.1, 0.15) is 5.75 Å². The highest BCUT2D eigenvalue weighted by molar-refractivity contribution is 5.27. The predicted octanol–water partition coefficient (Wildman–Crippen LogP) is 3.32. The summed E-state index contributed by atoms with van der Waals surface area (Å²) in [5.74, 6) is 0.872. The van der Waals surface area contributed by atoms with Gasteiger partial charge in [-0.3, -0.25) is 4.98 Å². The molecule has 1 aliphatic rings. The Labute approximate surface area is 110 Å². The van der Waals surface area contributed by atoms with Crippen LogP contribution in [0, 0.1) is 5.41 Å². The van der Waals surface area contributed by atoms with E-state index in [1.165, 1.54) is 31.2 Å². The number of hydrogen-bond acceptors (Lipinski definition) is 3. The Bertz CT molecular complexity index is 386. The predicted molar refractivity (Wildman–Crippen MR) is 73.8 cm³/mol. The van der Waals surface area contributed by atoms with Gasteiger partial charge < -0.3 is 10.1 Å². The molecule has 1 aromatic rings. The summed E-state index contributed by atoms with van der Waals surface area (Å²) in [5, 5.41) is 3.47. The zero-order valence-corrected chi connectivity index (χ0v) is 11.7. The molecule has 0 amide bonds. The Hall–Kier alpha value is -1.09. The van der Waals surface area contributed by atoms with Crippen LogP contribution in [-0.2, 0) is 0 Å². The van der Waals surface area contributed by atoms with Crippen LogP contribution in [0.4, 0.5) is 0 Å². The van der Waals surface area contributed by atoms with Crippen molar-refractivity contribution < 1.29 is 4.74 Å². The summed E-state index contributed by atoms with van der Waals surface area (Å²) in [6.45, 7) is 5.07. The van der Waals surface area contributed by atoms with Crippen LogP contribution in [0.15, 0.2) is 18.5 Å². The van der Waals surface area contributed by atoms with Crippen LogP contribution in [0.2, 0.25) is 0 Å². The second kappa shape index (κ2) is 5.70. The molecule has 1 heterocycles. The molecule has 1 N–H and O–H groups in total. The average Bonchev–Trinajstić information content (AvgIpc) is 2.79. The fourth-order valence-corrected chi connectivity index (χ4v) is 3.23. The highest BCUT2D eigenvalue weighted by Crippen LogP contribution is 2.47. The van der Waals surface area contributed by atoms with Gasteiger partial charge in [-0.1, -0.05) is 19.8 Å². The van der Waals surface area contributed by atoms with Crippen LogP contribution < -0.4 is 10.1 Å². The molecular formula is C15H24N2O. The van der Waals surface area contributed by atoms with Gasteiger partial charge in [0.05, 0.1) is 12.8 Å². The van der Waals surface area contributed by atoms with Crippen LogP contribution in [-0.4, -0.2) is 18.6 Å². The number of aromatic nitrogens is 1. The molecule has 100 valence electrons. The van der Waals surface area contributed by atoms with Gasteiger partial charge in [-0.05, 0) is 43.9 Å². The van der Waals surface area contributed by atoms with Crippen molar-refractivity contribution in [2.45, 2.75) is 45.6 Å². The van der Waals surface area contributed by atoms with Crippen LogP contribution in [0.5, 0.6) is 5.75 Å². The normalized spacial score (nSPS) is 19.7. The van der Waals surface area contributed by atoms with E-state index in [-0.39, 0.29) is 0 Å². The SMILES string of the molecule is CCOc1cncc(C(NC)C2(C)CCCC2)c1. The summed E-state index contributed by atoms with van der Waals surface area (Å²) >= 11 is 0. The molecule has 0 saturated heterocycles. The van der Waals surface area contributed by atoms with Gasteiger partial charge in [-0.25, -0.2) is 0 Å². The molecule has 1 aliphatic carbocycles. The quantitative estimate of drug-likeness (QED) is 0.868. The molecule has 3 nitrogen and oxygen atoms in total. The lowest BCUT2D eigenvalue weighted by Gasteiger charge is -2.34. The molecule has 1 atom stereocenters. The third-order valence-electron chi connectivity index (χ3n) is 4.11. The molecular weight excluding hydrogens is 224 g/mol. The zero-order chi connectivity index (χ0) is 13.0. The van der Waals surface area contributed by atoms with Crippen LogP contribution in [0.25, 0.3) is 0 Å².